The second-order valence-electron chi connectivity index (χ2n) is 5.15. The Labute approximate surface area is 122 Å². The Balaban J connectivity index is 2.02. The van der Waals surface area contributed by atoms with Crippen LogP contribution in [0.15, 0.2) is 36.4 Å². The van der Waals surface area contributed by atoms with E-state index in [-0.39, 0.29) is 11.9 Å². The van der Waals surface area contributed by atoms with Crippen molar-refractivity contribution in [2.75, 3.05) is 5.32 Å². The molecule has 0 saturated carbocycles. The fraction of sp³-hybridized carbons (Fsp3) is 0.188. The lowest BCUT2D eigenvalue weighted by atomic mass is 9.96. The number of amides is 1. The minimum atomic E-state index is -0.289. The van der Waals surface area contributed by atoms with E-state index in [1.54, 1.807) is 6.07 Å². The van der Waals surface area contributed by atoms with Crippen molar-refractivity contribution in [1.82, 2.24) is 0 Å². The maximum absolute atomic E-state index is 11.4. The van der Waals surface area contributed by atoms with Crippen LogP contribution in [0.3, 0.4) is 0 Å². The number of hydrogen-bond acceptors (Lipinski definition) is 2. The highest BCUT2D eigenvalue weighted by Gasteiger charge is 2.22. The minimum absolute atomic E-state index is 0.00246. The second kappa shape index (κ2) is 4.93. The van der Waals surface area contributed by atoms with Crippen LogP contribution in [0.5, 0.6) is 0 Å². The number of halogens is 1. The van der Waals surface area contributed by atoms with Gasteiger partial charge in [0, 0.05) is 10.7 Å². The van der Waals surface area contributed by atoms with Gasteiger partial charge in [-0.25, -0.2) is 0 Å². The number of rotatable bonds is 2. The highest BCUT2D eigenvalue weighted by Crippen LogP contribution is 2.34. The number of hydrogen-bond donors (Lipinski definition) is 2. The third-order valence-corrected chi connectivity index (χ3v) is 3.91. The van der Waals surface area contributed by atoms with Crippen molar-refractivity contribution < 1.29 is 4.79 Å². The summed E-state index contributed by atoms with van der Waals surface area (Å²) in [4.78, 5) is 11.4. The SMILES string of the molecule is Cc1cccc(C(N)c2cc3c(cc2Cl)NC(=O)C3)c1. The van der Waals surface area contributed by atoms with Crippen molar-refractivity contribution >= 4 is 23.2 Å². The monoisotopic (exact) mass is 286 g/mol. The molecule has 1 aliphatic rings. The van der Waals surface area contributed by atoms with Gasteiger partial charge in [0.05, 0.1) is 12.5 Å². The van der Waals surface area contributed by atoms with Crippen LogP contribution in [-0.4, -0.2) is 5.91 Å². The molecule has 20 heavy (non-hydrogen) atoms. The second-order valence-corrected chi connectivity index (χ2v) is 5.55. The van der Waals surface area contributed by atoms with Gasteiger partial charge >= 0.3 is 0 Å². The molecule has 3 rings (SSSR count). The van der Waals surface area contributed by atoms with Gasteiger partial charge in [0.1, 0.15) is 0 Å². The quantitative estimate of drug-likeness (QED) is 0.891. The van der Waals surface area contributed by atoms with Gasteiger partial charge in [-0.3, -0.25) is 4.79 Å². The molecule has 1 heterocycles. The largest absolute Gasteiger partial charge is 0.325 e. The predicted octanol–water partition coefficient (Wildman–Crippen LogP) is 3.19. The molecule has 0 saturated heterocycles. The summed E-state index contributed by atoms with van der Waals surface area (Å²) in [7, 11) is 0. The number of carbonyl (C=O) groups is 1. The molecule has 3 N–H and O–H groups in total. The average molecular weight is 287 g/mol. The van der Waals surface area contributed by atoms with E-state index in [4.69, 9.17) is 17.3 Å². The maximum atomic E-state index is 11.4. The molecule has 1 unspecified atom stereocenters. The lowest BCUT2D eigenvalue weighted by molar-refractivity contribution is -0.115. The van der Waals surface area contributed by atoms with Crippen molar-refractivity contribution in [2.24, 2.45) is 5.73 Å². The van der Waals surface area contributed by atoms with Crippen LogP contribution < -0.4 is 11.1 Å². The van der Waals surface area contributed by atoms with E-state index in [0.717, 1.165) is 27.9 Å². The molecule has 0 fully saturated rings. The molecular weight excluding hydrogens is 272 g/mol. The minimum Gasteiger partial charge on any atom is -0.325 e. The maximum Gasteiger partial charge on any atom is 0.228 e. The van der Waals surface area contributed by atoms with Gasteiger partial charge < -0.3 is 11.1 Å². The molecule has 4 heteroatoms. The standard InChI is InChI=1S/C16H15ClN2O/c1-9-3-2-4-10(5-9)16(18)12-6-11-7-15(20)19-14(11)8-13(12)17/h2-6,8,16H,7,18H2,1H3,(H,19,20). The van der Waals surface area contributed by atoms with Crippen molar-refractivity contribution in [3.8, 4) is 0 Å². The van der Waals surface area contributed by atoms with Crippen LogP contribution in [-0.2, 0) is 11.2 Å². The molecule has 1 amide bonds. The van der Waals surface area contributed by atoms with Crippen LogP contribution >= 0.6 is 11.6 Å². The number of aryl methyl sites for hydroxylation is 1. The lowest BCUT2D eigenvalue weighted by Gasteiger charge is -2.16. The van der Waals surface area contributed by atoms with Crippen molar-refractivity contribution in [2.45, 2.75) is 19.4 Å². The summed E-state index contributed by atoms with van der Waals surface area (Å²) in [6, 6.07) is 11.5. The van der Waals surface area contributed by atoms with Gasteiger partial charge in [0.25, 0.3) is 0 Å². The van der Waals surface area contributed by atoms with E-state index in [1.807, 2.05) is 31.2 Å². The van der Waals surface area contributed by atoms with Crippen LogP contribution in [0.4, 0.5) is 5.69 Å². The smallest absolute Gasteiger partial charge is 0.228 e. The van der Waals surface area contributed by atoms with E-state index in [2.05, 4.69) is 11.4 Å². The topological polar surface area (TPSA) is 55.1 Å². The zero-order chi connectivity index (χ0) is 14.3. The molecule has 2 aromatic rings. The summed E-state index contributed by atoms with van der Waals surface area (Å²) in [6.45, 7) is 2.03. The number of anilines is 1. The zero-order valence-corrected chi connectivity index (χ0v) is 11.9. The van der Waals surface area contributed by atoms with Gasteiger partial charge in [-0.1, -0.05) is 41.4 Å². The third-order valence-electron chi connectivity index (χ3n) is 3.58. The summed E-state index contributed by atoms with van der Waals surface area (Å²) < 4.78 is 0. The Bertz CT molecular complexity index is 697. The molecule has 0 aromatic heterocycles. The first-order valence-electron chi connectivity index (χ1n) is 6.49. The molecule has 3 nitrogen and oxygen atoms in total. The van der Waals surface area contributed by atoms with E-state index in [0.29, 0.717) is 11.4 Å². The fourth-order valence-corrected chi connectivity index (χ4v) is 2.83. The van der Waals surface area contributed by atoms with E-state index < -0.39 is 0 Å². The first-order chi connectivity index (χ1) is 9.54. The van der Waals surface area contributed by atoms with Crippen LogP contribution in [0.2, 0.25) is 5.02 Å². The summed E-state index contributed by atoms with van der Waals surface area (Å²) in [5.41, 5.74) is 11.1. The molecule has 1 atom stereocenters. The molecular formula is C16H15ClN2O. The summed E-state index contributed by atoms with van der Waals surface area (Å²) >= 11 is 6.31. The Morgan fingerprint density at radius 3 is 2.85 bits per heavy atom. The molecule has 0 radical (unpaired) electrons. The summed E-state index contributed by atoms with van der Waals surface area (Å²) in [5, 5.41) is 3.37. The molecule has 1 aliphatic heterocycles. The first kappa shape index (κ1) is 13.2. The van der Waals surface area contributed by atoms with E-state index in [9.17, 15) is 4.79 Å². The van der Waals surface area contributed by atoms with Gasteiger partial charge in [-0.2, -0.15) is 0 Å². The molecule has 0 aliphatic carbocycles. The summed E-state index contributed by atoms with van der Waals surface area (Å²) in [5.74, 6) is -0.00246. The van der Waals surface area contributed by atoms with Gasteiger partial charge in [0.15, 0.2) is 0 Å². The van der Waals surface area contributed by atoms with E-state index in [1.165, 1.54) is 0 Å². The Kier molecular flexibility index (Phi) is 3.24. The van der Waals surface area contributed by atoms with Crippen LogP contribution in [0.25, 0.3) is 0 Å². The molecule has 102 valence electrons. The van der Waals surface area contributed by atoms with Crippen molar-refractivity contribution in [1.29, 1.82) is 0 Å². The summed E-state index contributed by atoms with van der Waals surface area (Å²) in [6.07, 6.45) is 0.389. The van der Waals surface area contributed by atoms with Crippen molar-refractivity contribution in [3.63, 3.8) is 0 Å². The molecule has 0 spiro atoms. The Morgan fingerprint density at radius 1 is 1.30 bits per heavy atom. The molecule has 0 bridgehead atoms. The van der Waals surface area contributed by atoms with Crippen LogP contribution in [0, 0.1) is 6.92 Å². The number of nitrogens with one attached hydrogen (secondary N) is 1. The highest BCUT2D eigenvalue weighted by molar-refractivity contribution is 6.32. The van der Waals surface area contributed by atoms with Gasteiger partial charge in [-0.05, 0) is 35.7 Å². The Morgan fingerprint density at radius 2 is 2.10 bits per heavy atom. The van der Waals surface area contributed by atoms with Gasteiger partial charge in [-0.15, -0.1) is 0 Å². The normalized spacial score (nSPS) is 14.8. The zero-order valence-electron chi connectivity index (χ0n) is 11.1. The average Bonchev–Trinajstić information content (AvgIpc) is 2.76. The number of benzene rings is 2. The van der Waals surface area contributed by atoms with Gasteiger partial charge in [0.2, 0.25) is 5.91 Å². The van der Waals surface area contributed by atoms with Crippen LogP contribution in [0.1, 0.15) is 28.3 Å². The number of fused-ring (bicyclic) bond motifs is 1. The highest BCUT2D eigenvalue weighted by atomic mass is 35.5. The lowest BCUT2D eigenvalue weighted by Crippen LogP contribution is -2.13. The number of carbonyl (C=O) groups excluding carboxylic acids is 1. The Hall–Kier alpha value is -1.84. The number of nitrogens with two attached hydrogens (primary N) is 1. The molecule has 2 aromatic carbocycles. The van der Waals surface area contributed by atoms with E-state index >= 15 is 0 Å². The fourth-order valence-electron chi connectivity index (χ4n) is 2.55. The van der Waals surface area contributed by atoms with Crippen molar-refractivity contribution in [3.05, 3.63) is 63.7 Å². The predicted molar refractivity (Wildman–Crippen MR) is 81.0 cm³/mol. The first-order valence-corrected chi connectivity index (χ1v) is 6.86. The third kappa shape index (κ3) is 2.30.